The first kappa shape index (κ1) is 15.0. The Morgan fingerprint density at radius 3 is 2.61 bits per heavy atom. The second-order valence-electron chi connectivity index (χ2n) is 4.69. The minimum atomic E-state index is -0.709. The first-order valence-corrected chi connectivity index (χ1v) is 7.28. The van der Waals surface area contributed by atoms with Gasteiger partial charge in [-0.15, -0.1) is 11.3 Å². The van der Waals surface area contributed by atoms with Gasteiger partial charge < -0.3 is 14.8 Å². The van der Waals surface area contributed by atoms with Crippen LogP contribution in [0.1, 0.15) is 15.9 Å². The predicted molar refractivity (Wildman–Crippen MR) is 86.4 cm³/mol. The summed E-state index contributed by atoms with van der Waals surface area (Å²) >= 11 is 1.17. The summed E-state index contributed by atoms with van der Waals surface area (Å²) in [6.07, 6.45) is 0. The van der Waals surface area contributed by atoms with Crippen LogP contribution in [0.4, 0.5) is 9.39 Å². The van der Waals surface area contributed by atoms with Crippen molar-refractivity contribution in [2.45, 2.75) is 0 Å². The van der Waals surface area contributed by atoms with E-state index in [1.807, 2.05) is 0 Å². The van der Waals surface area contributed by atoms with Crippen LogP contribution in [0, 0.1) is 5.82 Å². The van der Waals surface area contributed by atoms with E-state index in [9.17, 15) is 19.1 Å². The molecule has 5 nitrogen and oxygen atoms in total. The number of fused-ring (bicyclic) bond motifs is 1. The van der Waals surface area contributed by atoms with E-state index in [4.69, 9.17) is 4.42 Å². The van der Waals surface area contributed by atoms with E-state index in [-0.39, 0.29) is 11.3 Å². The maximum Gasteiger partial charge on any atom is 0.347 e. The Morgan fingerprint density at radius 1 is 1.26 bits per heavy atom. The largest absolute Gasteiger partial charge is 0.508 e. The lowest BCUT2D eigenvalue weighted by atomic mass is 10.2. The number of carbonyl (C=O) groups excluding carboxylic acids is 1. The quantitative estimate of drug-likeness (QED) is 0.716. The summed E-state index contributed by atoms with van der Waals surface area (Å²) in [4.78, 5) is 23.7. The Morgan fingerprint density at radius 2 is 1.96 bits per heavy atom. The number of anilines is 1. The highest BCUT2D eigenvalue weighted by atomic mass is 32.1. The normalized spacial score (nSPS) is 10.7. The molecule has 0 aliphatic carbocycles. The summed E-state index contributed by atoms with van der Waals surface area (Å²) in [5, 5.41) is 12.4. The first-order valence-electron chi connectivity index (χ1n) is 6.47. The third-order valence-corrected chi connectivity index (χ3v) is 4.06. The Balaban J connectivity index is 1.91. The van der Waals surface area contributed by atoms with Gasteiger partial charge in [0.1, 0.15) is 17.1 Å². The van der Waals surface area contributed by atoms with E-state index >= 15 is 0 Å². The Bertz CT molecular complexity index is 972. The van der Waals surface area contributed by atoms with Gasteiger partial charge in [-0.2, -0.15) is 0 Å². The molecule has 0 unspecified atom stereocenters. The van der Waals surface area contributed by atoms with Gasteiger partial charge in [-0.3, -0.25) is 4.79 Å². The standard InChI is InChI=1S/C16H10FNO4S/c1-8(19)11-6-13-12(22-16(11)21)7-14(23-13)18-15(20)9-2-4-10(17)5-3-9/h2-7,19H,1H2,(H,18,20). The van der Waals surface area contributed by atoms with Gasteiger partial charge >= 0.3 is 5.63 Å². The molecule has 0 spiro atoms. The van der Waals surface area contributed by atoms with Gasteiger partial charge in [0.2, 0.25) is 0 Å². The number of hydrogen-bond acceptors (Lipinski definition) is 5. The maximum atomic E-state index is 12.9. The van der Waals surface area contributed by atoms with E-state index in [0.717, 1.165) is 0 Å². The monoisotopic (exact) mass is 331 g/mol. The molecule has 0 aliphatic heterocycles. The van der Waals surface area contributed by atoms with Gasteiger partial charge in [0.05, 0.1) is 9.70 Å². The van der Waals surface area contributed by atoms with Crippen LogP contribution >= 0.6 is 11.3 Å². The van der Waals surface area contributed by atoms with Crippen LogP contribution < -0.4 is 10.9 Å². The van der Waals surface area contributed by atoms with Crippen molar-refractivity contribution in [1.29, 1.82) is 0 Å². The SMILES string of the molecule is C=C(O)c1cc2sc(NC(=O)c3ccc(F)cc3)cc2oc1=O. The third kappa shape index (κ3) is 3.00. The highest BCUT2D eigenvalue weighted by Gasteiger charge is 2.13. The fourth-order valence-corrected chi connectivity index (χ4v) is 2.89. The molecule has 0 radical (unpaired) electrons. The van der Waals surface area contributed by atoms with Gasteiger partial charge in [-0.05, 0) is 30.3 Å². The van der Waals surface area contributed by atoms with E-state index in [1.54, 1.807) is 0 Å². The fourth-order valence-electron chi connectivity index (χ4n) is 1.96. The smallest absolute Gasteiger partial charge is 0.347 e. The molecule has 0 bridgehead atoms. The van der Waals surface area contributed by atoms with Crippen molar-refractivity contribution >= 4 is 38.3 Å². The number of hydrogen-bond donors (Lipinski definition) is 2. The van der Waals surface area contributed by atoms with Crippen molar-refractivity contribution in [3.8, 4) is 0 Å². The molecule has 3 rings (SSSR count). The van der Waals surface area contributed by atoms with Crippen molar-refractivity contribution in [2.75, 3.05) is 5.32 Å². The number of benzene rings is 1. The molecular weight excluding hydrogens is 321 g/mol. The topological polar surface area (TPSA) is 79.5 Å². The molecule has 2 heterocycles. The van der Waals surface area contributed by atoms with Crippen LogP contribution in [0.15, 0.2) is 52.2 Å². The zero-order valence-corrected chi connectivity index (χ0v) is 12.4. The molecule has 116 valence electrons. The number of nitrogens with one attached hydrogen (secondary N) is 1. The summed E-state index contributed by atoms with van der Waals surface area (Å²) in [5.41, 5.74) is -0.149. The summed E-state index contributed by atoms with van der Waals surface area (Å²) < 4.78 is 18.5. The number of halogens is 1. The highest BCUT2D eigenvalue weighted by molar-refractivity contribution is 7.22. The average molecular weight is 331 g/mol. The van der Waals surface area contributed by atoms with Crippen LogP contribution in [0.5, 0.6) is 0 Å². The molecule has 1 amide bonds. The summed E-state index contributed by atoms with van der Waals surface area (Å²) in [7, 11) is 0. The number of aliphatic hydroxyl groups is 1. The van der Waals surface area contributed by atoms with Gasteiger partial charge in [0.15, 0.2) is 5.58 Å². The zero-order valence-electron chi connectivity index (χ0n) is 11.6. The molecule has 1 aromatic carbocycles. The molecule has 3 aromatic rings. The molecule has 0 saturated carbocycles. The molecule has 7 heteroatoms. The highest BCUT2D eigenvalue weighted by Crippen LogP contribution is 2.30. The predicted octanol–water partition coefficient (Wildman–Crippen LogP) is 3.77. The molecule has 0 aliphatic rings. The van der Waals surface area contributed by atoms with Crippen LogP contribution in [-0.4, -0.2) is 11.0 Å². The van der Waals surface area contributed by atoms with Crippen molar-refractivity contribution in [3.05, 3.63) is 70.3 Å². The van der Waals surface area contributed by atoms with Crippen molar-refractivity contribution in [1.82, 2.24) is 0 Å². The zero-order chi connectivity index (χ0) is 16.6. The second-order valence-corrected chi connectivity index (χ2v) is 5.78. The molecule has 23 heavy (non-hydrogen) atoms. The number of aliphatic hydroxyl groups excluding tert-OH is 1. The second kappa shape index (κ2) is 5.69. The Labute approximate surface area is 133 Å². The molecule has 2 N–H and O–H groups in total. The minimum absolute atomic E-state index is 0.0317. The number of rotatable bonds is 3. The van der Waals surface area contributed by atoms with E-state index in [2.05, 4.69) is 11.9 Å². The maximum absolute atomic E-state index is 12.9. The molecule has 0 fully saturated rings. The summed E-state index contributed by atoms with van der Waals surface area (Å²) in [6.45, 7) is 3.29. The van der Waals surface area contributed by atoms with Crippen molar-refractivity contribution in [2.24, 2.45) is 0 Å². The number of amides is 1. The Kier molecular flexibility index (Phi) is 3.71. The molecular formula is C16H10FNO4S. The van der Waals surface area contributed by atoms with Crippen LogP contribution in [0.2, 0.25) is 0 Å². The van der Waals surface area contributed by atoms with Gasteiger partial charge in [-0.25, -0.2) is 9.18 Å². The molecule has 0 atom stereocenters. The average Bonchev–Trinajstić information content (AvgIpc) is 2.87. The van der Waals surface area contributed by atoms with Gasteiger partial charge in [0.25, 0.3) is 5.91 Å². The first-order chi connectivity index (χ1) is 10.9. The van der Waals surface area contributed by atoms with Gasteiger partial charge in [-0.1, -0.05) is 6.58 Å². The lowest BCUT2D eigenvalue weighted by Crippen LogP contribution is -2.10. The van der Waals surface area contributed by atoms with E-state index in [1.165, 1.54) is 47.7 Å². The van der Waals surface area contributed by atoms with Crippen molar-refractivity contribution < 1.29 is 18.7 Å². The molecule has 0 saturated heterocycles. The third-order valence-electron chi connectivity index (χ3n) is 3.08. The molecule has 2 aromatic heterocycles. The van der Waals surface area contributed by atoms with Crippen molar-refractivity contribution in [3.63, 3.8) is 0 Å². The Hall–Kier alpha value is -2.93. The summed E-state index contributed by atoms with van der Waals surface area (Å²) in [5.74, 6) is -1.22. The number of thiophene rings is 1. The summed E-state index contributed by atoms with van der Waals surface area (Å²) in [6, 6.07) is 8.07. The van der Waals surface area contributed by atoms with Crippen LogP contribution in [0.25, 0.3) is 16.0 Å². The fraction of sp³-hybridized carbons (Fsp3) is 0. The lowest BCUT2D eigenvalue weighted by Gasteiger charge is -2.01. The van der Waals surface area contributed by atoms with E-state index < -0.39 is 17.3 Å². The number of carbonyl (C=O) groups is 1. The minimum Gasteiger partial charge on any atom is -0.508 e. The lowest BCUT2D eigenvalue weighted by molar-refractivity contribution is 0.102. The van der Waals surface area contributed by atoms with Gasteiger partial charge in [0, 0.05) is 11.6 Å². The van der Waals surface area contributed by atoms with Crippen LogP contribution in [0.3, 0.4) is 0 Å². The van der Waals surface area contributed by atoms with Crippen LogP contribution in [-0.2, 0) is 0 Å². The van der Waals surface area contributed by atoms with E-state index in [0.29, 0.717) is 20.8 Å².